The van der Waals surface area contributed by atoms with Gasteiger partial charge in [-0.15, -0.1) is 0 Å². The molecule has 82 valence electrons. The molecule has 0 spiro atoms. The minimum Gasteiger partial charge on any atom is -0.395 e. The van der Waals surface area contributed by atoms with Crippen LogP contribution in [-0.4, -0.2) is 35.2 Å². The summed E-state index contributed by atoms with van der Waals surface area (Å²) in [5, 5.41) is 17.9. The van der Waals surface area contributed by atoms with E-state index in [1.165, 1.54) is 0 Å². The highest BCUT2D eigenvalue weighted by molar-refractivity contribution is 5.81. The van der Waals surface area contributed by atoms with E-state index in [9.17, 15) is 9.59 Å². The lowest BCUT2D eigenvalue weighted by Crippen LogP contribution is -2.43. The number of nitrogens with two attached hydrogens (primary N) is 2. The van der Waals surface area contributed by atoms with Crippen LogP contribution in [-0.2, 0) is 9.59 Å². The minimum absolute atomic E-state index is 0.106. The molecule has 0 saturated carbocycles. The van der Waals surface area contributed by atoms with E-state index in [1.807, 2.05) is 0 Å². The van der Waals surface area contributed by atoms with Crippen LogP contribution < -0.4 is 11.5 Å². The maximum Gasteiger partial charge on any atom is 0.228 e. The van der Waals surface area contributed by atoms with E-state index in [-0.39, 0.29) is 12.8 Å². The van der Waals surface area contributed by atoms with Crippen LogP contribution in [0.4, 0.5) is 0 Å². The number of amides is 2. The Morgan fingerprint density at radius 1 is 1.14 bits per heavy atom. The molecular weight excluding hydrogens is 188 g/mol. The van der Waals surface area contributed by atoms with Crippen molar-refractivity contribution in [3.05, 3.63) is 0 Å². The summed E-state index contributed by atoms with van der Waals surface area (Å²) < 4.78 is 0. The largest absolute Gasteiger partial charge is 0.395 e. The van der Waals surface area contributed by atoms with E-state index < -0.39 is 30.4 Å². The standard InChI is InChI=1S/C8H16N2O4/c9-6(13)2-1-3-8(4-11,5-12)7(10)14/h11-12H,1-5H2,(H2,9,13)(H2,10,14). The number of aliphatic hydroxyl groups is 2. The molecule has 0 radical (unpaired) electrons. The predicted octanol–water partition coefficient (Wildman–Crippen LogP) is -1.90. The number of hydrogen-bond acceptors (Lipinski definition) is 4. The summed E-state index contributed by atoms with van der Waals surface area (Å²) in [5.74, 6) is -1.26. The van der Waals surface area contributed by atoms with E-state index in [1.54, 1.807) is 0 Å². The van der Waals surface area contributed by atoms with Gasteiger partial charge >= 0.3 is 0 Å². The molecule has 0 aromatic carbocycles. The minimum atomic E-state index is -1.34. The van der Waals surface area contributed by atoms with Crippen molar-refractivity contribution in [3.63, 3.8) is 0 Å². The maximum atomic E-state index is 10.9. The van der Waals surface area contributed by atoms with Crippen molar-refractivity contribution < 1.29 is 19.8 Å². The van der Waals surface area contributed by atoms with E-state index in [2.05, 4.69) is 0 Å². The van der Waals surface area contributed by atoms with Gasteiger partial charge in [-0.25, -0.2) is 0 Å². The van der Waals surface area contributed by atoms with Crippen molar-refractivity contribution in [2.45, 2.75) is 19.3 Å². The zero-order chi connectivity index (χ0) is 11.2. The van der Waals surface area contributed by atoms with Crippen molar-refractivity contribution in [1.82, 2.24) is 0 Å². The SMILES string of the molecule is NC(=O)CCCC(CO)(CO)C(N)=O. The van der Waals surface area contributed by atoms with Crippen LogP contribution in [0.5, 0.6) is 0 Å². The number of hydrogen-bond donors (Lipinski definition) is 4. The van der Waals surface area contributed by atoms with E-state index in [0.717, 1.165) is 0 Å². The fraction of sp³-hybridized carbons (Fsp3) is 0.750. The molecular formula is C8H16N2O4. The number of rotatable bonds is 7. The van der Waals surface area contributed by atoms with Gasteiger partial charge in [-0.3, -0.25) is 9.59 Å². The number of primary amides is 2. The Bertz CT molecular complexity index is 213. The molecule has 0 aliphatic carbocycles. The number of carbonyl (C=O) groups excluding carboxylic acids is 2. The lowest BCUT2D eigenvalue weighted by molar-refractivity contribution is -0.134. The van der Waals surface area contributed by atoms with Crippen LogP contribution in [0, 0.1) is 5.41 Å². The van der Waals surface area contributed by atoms with Gasteiger partial charge in [-0.1, -0.05) is 0 Å². The first-order chi connectivity index (χ1) is 6.48. The normalized spacial score (nSPS) is 11.3. The lowest BCUT2D eigenvalue weighted by atomic mass is 9.83. The molecule has 0 aliphatic heterocycles. The number of carbonyl (C=O) groups is 2. The molecule has 6 nitrogen and oxygen atoms in total. The fourth-order valence-corrected chi connectivity index (χ4v) is 1.09. The first-order valence-corrected chi connectivity index (χ1v) is 4.28. The second kappa shape index (κ2) is 5.56. The van der Waals surface area contributed by atoms with Crippen molar-refractivity contribution >= 4 is 11.8 Å². The second-order valence-corrected chi connectivity index (χ2v) is 3.28. The summed E-state index contributed by atoms with van der Waals surface area (Å²) in [6, 6.07) is 0. The molecule has 0 unspecified atom stereocenters. The highest BCUT2D eigenvalue weighted by atomic mass is 16.3. The Morgan fingerprint density at radius 2 is 1.64 bits per heavy atom. The van der Waals surface area contributed by atoms with Crippen LogP contribution in [0.15, 0.2) is 0 Å². The van der Waals surface area contributed by atoms with E-state index in [0.29, 0.717) is 6.42 Å². The van der Waals surface area contributed by atoms with Crippen molar-refractivity contribution in [2.75, 3.05) is 13.2 Å². The molecule has 0 fully saturated rings. The fourth-order valence-electron chi connectivity index (χ4n) is 1.09. The molecule has 6 N–H and O–H groups in total. The maximum absolute atomic E-state index is 10.9. The summed E-state index contributed by atoms with van der Waals surface area (Å²) in [7, 11) is 0. The summed E-state index contributed by atoms with van der Waals surface area (Å²) in [5.41, 5.74) is 8.60. The molecule has 0 rings (SSSR count). The summed E-state index contributed by atoms with van der Waals surface area (Å²) >= 11 is 0. The van der Waals surface area contributed by atoms with Crippen LogP contribution in [0.2, 0.25) is 0 Å². The average Bonchev–Trinajstić information content (AvgIpc) is 2.12. The third-order valence-electron chi connectivity index (χ3n) is 2.21. The van der Waals surface area contributed by atoms with Gasteiger partial charge in [-0.05, 0) is 12.8 Å². The number of aliphatic hydroxyl groups excluding tert-OH is 2. The van der Waals surface area contributed by atoms with Gasteiger partial charge in [0.05, 0.1) is 18.6 Å². The van der Waals surface area contributed by atoms with Crippen LogP contribution in [0.1, 0.15) is 19.3 Å². The zero-order valence-electron chi connectivity index (χ0n) is 7.90. The predicted molar refractivity (Wildman–Crippen MR) is 48.8 cm³/mol. The molecule has 2 amide bonds. The Hall–Kier alpha value is -1.14. The quantitative estimate of drug-likeness (QED) is 0.386. The first kappa shape index (κ1) is 12.9. The topological polar surface area (TPSA) is 127 Å². The van der Waals surface area contributed by atoms with Crippen molar-refractivity contribution in [3.8, 4) is 0 Å². The Morgan fingerprint density at radius 3 is 1.93 bits per heavy atom. The Balaban J connectivity index is 4.22. The highest BCUT2D eigenvalue weighted by Gasteiger charge is 2.34. The molecule has 0 bridgehead atoms. The third kappa shape index (κ3) is 3.31. The highest BCUT2D eigenvalue weighted by Crippen LogP contribution is 2.22. The molecule has 0 aliphatic rings. The van der Waals surface area contributed by atoms with Gasteiger partial charge in [0, 0.05) is 6.42 Å². The smallest absolute Gasteiger partial charge is 0.228 e. The molecule has 0 heterocycles. The van der Waals surface area contributed by atoms with E-state index in [4.69, 9.17) is 21.7 Å². The first-order valence-electron chi connectivity index (χ1n) is 4.28. The molecule has 14 heavy (non-hydrogen) atoms. The Kier molecular flexibility index (Phi) is 5.11. The van der Waals surface area contributed by atoms with Crippen molar-refractivity contribution in [1.29, 1.82) is 0 Å². The molecule has 0 atom stereocenters. The second-order valence-electron chi connectivity index (χ2n) is 3.28. The molecule has 0 aromatic heterocycles. The Labute approximate surface area is 81.9 Å². The monoisotopic (exact) mass is 204 g/mol. The van der Waals surface area contributed by atoms with Crippen LogP contribution in [0.25, 0.3) is 0 Å². The van der Waals surface area contributed by atoms with Gasteiger partial charge in [0.2, 0.25) is 11.8 Å². The van der Waals surface area contributed by atoms with Gasteiger partial charge in [0.15, 0.2) is 0 Å². The van der Waals surface area contributed by atoms with Crippen LogP contribution >= 0.6 is 0 Å². The van der Waals surface area contributed by atoms with E-state index >= 15 is 0 Å². The third-order valence-corrected chi connectivity index (χ3v) is 2.21. The zero-order valence-corrected chi connectivity index (χ0v) is 7.90. The van der Waals surface area contributed by atoms with Gasteiger partial charge in [-0.2, -0.15) is 0 Å². The van der Waals surface area contributed by atoms with Gasteiger partial charge in [0.25, 0.3) is 0 Å². The molecule has 0 aromatic rings. The molecule has 6 heteroatoms. The average molecular weight is 204 g/mol. The summed E-state index contributed by atoms with van der Waals surface area (Å²) in [6.45, 7) is -1.06. The molecule has 0 saturated heterocycles. The van der Waals surface area contributed by atoms with Gasteiger partial charge < -0.3 is 21.7 Å². The summed E-state index contributed by atoms with van der Waals surface area (Å²) in [6.07, 6.45) is 0.576. The summed E-state index contributed by atoms with van der Waals surface area (Å²) in [4.78, 5) is 21.4. The van der Waals surface area contributed by atoms with Crippen molar-refractivity contribution in [2.24, 2.45) is 16.9 Å². The van der Waals surface area contributed by atoms with Gasteiger partial charge in [0.1, 0.15) is 0 Å². The lowest BCUT2D eigenvalue weighted by Gasteiger charge is -2.25. The van der Waals surface area contributed by atoms with Crippen LogP contribution in [0.3, 0.4) is 0 Å².